The molecule has 3 heteroatoms. The molecule has 0 heterocycles. The molecule has 0 saturated heterocycles. The minimum Gasteiger partial charge on any atom is -0.399 e. The lowest BCUT2D eigenvalue weighted by Gasteiger charge is -2.25. The number of benzene rings is 1. The van der Waals surface area contributed by atoms with E-state index in [2.05, 4.69) is 24.8 Å². The van der Waals surface area contributed by atoms with Gasteiger partial charge in [-0.15, -0.1) is 0 Å². The van der Waals surface area contributed by atoms with Gasteiger partial charge in [-0.2, -0.15) is 5.26 Å². The molecular weight excluding hydrogens is 198 g/mol. The van der Waals surface area contributed by atoms with Crippen LogP contribution in [-0.4, -0.2) is 13.1 Å². The van der Waals surface area contributed by atoms with Crippen LogP contribution in [0.2, 0.25) is 0 Å². The number of nitrogens with two attached hydrogens (primary N) is 1. The highest BCUT2D eigenvalue weighted by molar-refractivity contribution is 5.53. The minimum atomic E-state index is 0.553. The van der Waals surface area contributed by atoms with Crippen molar-refractivity contribution in [2.45, 2.75) is 20.3 Å². The zero-order valence-corrected chi connectivity index (χ0v) is 9.98. The first-order chi connectivity index (χ1) is 7.63. The molecule has 16 heavy (non-hydrogen) atoms. The number of nitriles is 1. The van der Waals surface area contributed by atoms with Crippen molar-refractivity contribution in [3.63, 3.8) is 0 Å². The van der Waals surface area contributed by atoms with Gasteiger partial charge in [0.05, 0.1) is 12.5 Å². The minimum absolute atomic E-state index is 0.553. The zero-order chi connectivity index (χ0) is 12.0. The van der Waals surface area contributed by atoms with Crippen molar-refractivity contribution in [2.24, 2.45) is 5.92 Å². The van der Waals surface area contributed by atoms with Crippen molar-refractivity contribution in [1.82, 2.24) is 0 Å². The van der Waals surface area contributed by atoms with E-state index < -0.39 is 0 Å². The van der Waals surface area contributed by atoms with Crippen molar-refractivity contribution in [3.8, 4) is 6.07 Å². The molecule has 0 atom stereocenters. The Balaban J connectivity index is 2.75. The molecule has 0 aliphatic carbocycles. The summed E-state index contributed by atoms with van der Waals surface area (Å²) in [6, 6.07) is 10.00. The Morgan fingerprint density at radius 3 is 2.44 bits per heavy atom. The lowest BCUT2D eigenvalue weighted by atomic mass is 10.1. The third kappa shape index (κ3) is 3.82. The van der Waals surface area contributed by atoms with Gasteiger partial charge in [0.25, 0.3) is 0 Å². The summed E-state index contributed by atoms with van der Waals surface area (Å²) in [5.74, 6) is 0.580. The highest BCUT2D eigenvalue weighted by Gasteiger charge is 2.07. The third-order valence-electron chi connectivity index (χ3n) is 2.34. The fourth-order valence-corrected chi connectivity index (χ4v) is 1.64. The van der Waals surface area contributed by atoms with Gasteiger partial charge in [-0.05, 0) is 30.2 Å². The lowest BCUT2D eigenvalue weighted by Crippen LogP contribution is -2.28. The monoisotopic (exact) mass is 217 g/mol. The number of nitrogen functional groups attached to an aromatic ring is 1. The van der Waals surface area contributed by atoms with E-state index >= 15 is 0 Å². The predicted molar refractivity (Wildman–Crippen MR) is 68.1 cm³/mol. The maximum Gasteiger partial charge on any atom is 0.0640 e. The normalized spacial score (nSPS) is 10.1. The van der Waals surface area contributed by atoms with Gasteiger partial charge >= 0.3 is 0 Å². The molecule has 0 bridgehead atoms. The van der Waals surface area contributed by atoms with E-state index in [1.807, 2.05) is 24.3 Å². The summed E-state index contributed by atoms with van der Waals surface area (Å²) in [5, 5.41) is 8.64. The van der Waals surface area contributed by atoms with E-state index in [0.717, 1.165) is 24.5 Å². The third-order valence-corrected chi connectivity index (χ3v) is 2.34. The summed E-state index contributed by atoms with van der Waals surface area (Å²) in [4.78, 5) is 2.23. The van der Waals surface area contributed by atoms with Gasteiger partial charge in [0.2, 0.25) is 0 Å². The van der Waals surface area contributed by atoms with E-state index in [1.165, 1.54) is 0 Å². The fraction of sp³-hybridized carbons (Fsp3) is 0.462. The Labute approximate surface area is 97.5 Å². The van der Waals surface area contributed by atoms with E-state index in [0.29, 0.717) is 12.3 Å². The topological polar surface area (TPSA) is 53.0 Å². The van der Waals surface area contributed by atoms with Gasteiger partial charge in [0, 0.05) is 24.5 Å². The molecule has 2 N–H and O–H groups in total. The van der Waals surface area contributed by atoms with Crippen molar-refractivity contribution in [1.29, 1.82) is 5.26 Å². The standard InChI is InChI=1S/C13H19N3/c1-11(2)10-16(9-3-8-14)13-6-4-12(15)5-7-13/h4-7,11H,3,9-10,15H2,1-2H3. The molecule has 1 rings (SSSR count). The average molecular weight is 217 g/mol. The molecule has 86 valence electrons. The second kappa shape index (κ2) is 6.02. The lowest BCUT2D eigenvalue weighted by molar-refractivity contribution is 0.612. The van der Waals surface area contributed by atoms with Gasteiger partial charge in [-0.25, -0.2) is 0 Å². The van der Waals surface area contributed by atoms with Gasteiger partial charge in [0.1, 0.15) is 0 Å². The summed E-state index contributed by atoms with van der Waals surface area (Å²) in [5.41, 5.74) is 7.57. The summed E-state index contributed by atoms with van der Waals surface area (Å²) in [6.45, 7) is 6.09. The van der Waals surface area contributed by atoms with Crippen molar-refractivity contribution in [2.75, 3.05) is 23.7 Å². The maximum absolute atomic E-state index is 8.64. The van der Waals surface area contributed by atoms with Crippen LogP contribution >= 0.6 is 0 Å². The summed E-state index contributed by atoms with van der Waals surface area (Å²) < 4.78 is 0. The highest BCUT2D eigenvalue weighted by Crippen LogP contribution is 2.17. The molecule has 0 fully saturated rings. The van der Waals surface area contributed by atoms with Crippen LogP contribution in [0.5, 0.6) is 0 Å². The second-order valence-corrected chi connectivity index (χ2v) is 4.34. The number of hydrogen-bond donors (Lipinski definition) is 1. The first kappa shape index (κ1) is 12.4. The van der Waals surface area contributed by atoms with Crippen LogP contribution in [0, 0.1) is 17.2 Å². The smallest absolute Gasteiger partial charge is 0.0640 e. The first-order valence-corrected chi connectivity index (χ1v) is 5.61. The number of rotatable bonds is 5. The summed E-state index contributed by atoms with van der Waals surface area (Å²) in [6.07, 6.45) is 0.553. The van der Waals surface area contributed by atoms with Crippen LogP contribution in [0.1, 0.15) is 20.3 Å². The van der Waals surface area contributed by atoms with Crippen molar-refractivity contribution >= 4 is 11.4 Å². The number of anilines is 2. The van der Waals surface area contributed by atoms with Crippen LogP contribution in [0.4, 0.5) is 11.4 Å². The largest absolute Gasteiger partial charge is 0.399 e. The van der Waals surface area contributed by atoms with E-state index in [-0.39, 0.29) is 0 Å². The SMILES string of the molecule is CC(C)CN(CCC#N)c1ccc(N)cc1. The number of nitrogens with zero attached hydrogens (tertiary/aromatic N) is 2. The van der Waals surface area contributed by atoms with Crippen LogP contribution in [0.25, 0.3) is 0 Å². The Morgan fingerprint density at radius 1 is 1.31 bits per heavy atom. The molecule has 0 saturated carbocycles. The molecular formula is C13H19N3. The molecule has 3 nitrogen and oxygen atoms in total. The fourth-order valence-electron chi connectivity index (χ4n) is 1.64. The molecule has 0 aliphatic heterocycles. The van der Waals surface area contributed by atoms with Gasteiger partial charge in [0.15, 0.2) is 0 Å². The Hall–Kier alpha value is -1.69. The van der Waals surface area contributed by atoms with Gasteiger partial charge in [-0.1, -0.05) is 13.8 Å². The van der Waals surface area contributed by atoms with E-state index in [1.54, 1.807) is 0 Å². The van der Waals surface area contributed by atoms with Crippen LogP contribution in [-0.2, 0) is 0 Å². The predicted octanol–water partition coefficient (Wildman–Crippen LogP) is 2.64. The molecule has 1 aromatic rings. The quantitative estimate of drug-likeness (QED) is 0.771. The first-order valence-electron chi connectivity index (χ1n) is 5.61. The van der Waals surface area contributed by atoms with Crippen molar-refractivity contribution in [3.05, 3.63) is 24.3 Å². The van der Waals surface area contributed by atoms with Gasteiger partial charge in [-0.3, -0.25) is 0 Å². The van der Waals surface area contributed by atoms with Gasteiger partial charge < -0.3 is 10.6 Å². The van der Waals surface area contributed by atoms with Crippen molar-refractivity contribution < 1.29 is 0 Å². The molecule has 0 aromatic heterocycles. The van der Waals surface area contributed by atoms with Crippen LogP contribution in [0.15, 0.2) is 24.3 Å². The zero-order valence-electron chi connectivity index (χ0n) is 9.98. The molecule has 0 unspecified atom stereocenters. The second-order valence-electron chi connectivity index (χ2n) is 4.34. The Bertz CT molecular complexity index is 348. The summed E-state index contributed by atoms with van der Waals surface area (Å²) in [7, 11) is 0. The molecule has 1 aromatic carbocycles. The van der Waals surface area contributed by atoms with Crippen LogP contribution in [0.3, 0.4) is 0 Å². The number of hydrogen-bond acceptors (Lipinski definition) is 3. The molecule has 0 radical (unpaired) electrons. The maximum atomic E-state index is 8.64. The summed E-state index contributed by atoms with van der Waals surface area (Å²) >= 11 is 0. The Morgan fingerprint density at radius 2 is 1.94 bits per heavy atom. The molecule has 0 amide bonds. The molecule has 0 aliphatic rings. The molecule has 0 spiro atoms. The van der Waals surface area contributed by atoms with E-state index in [9.17, 15) is 0 Å². The van der Waals surface area contributed by atoms with E-state index in [4.69, 9.17) is 11.0 Å². The Kier molecular flexibility index (Phi) is 4.65. The highest BCUT2D eigenvalue weighted by atomic mass is 15.1. The van der Waals surface area contributed by atoms with Crippen LogP contribution < -0.4 is 10.6 Å². The average Bonchev–Trinajstić information content (AvgIpc) is 2.25.